The van der Waals surface area contributed by atoms with Crippen molar-refractivity contribution in [2.45, 2.75) is 12.7 Å². The molecule has 1 heterocycles. The SMILES string of the molecule is CNC.O=C(O)C1Oc2ccccc2Cc2ccccc2O1. The molecule has 0 atom stereocenters. The number of aliphatic carboxylic acids is 1. The summed E-state index contributed by atoms with van der Waals surface area (Å²) >= 11 is 0. The van der Waals surface area contributed by atoms with Crippen molar-refractivity contribution >= 4 is 5.97 Å². The van der Waals surface area contributed by atoms with Gasteiger partial charge in [0, 0.05) is 6.42 Å². The number of para-hydroxylation sites is 2. The Labute approximate surface area is 129 Å². The van der Waals surface area contributed by atoms with Crippen LogP contribution in [0.3, 0.4) is 0 Å². The molecule has 0 fully saturated rings. The minimum atomic E-state index is -1.33. The fourth-order valence-electron chi connectivity index (χ4n) is 2.09. The molecule has 0 aliphatic carbocycles. The van der Waals surface area contributed by atoms with Gasteiger partial charge in [-0.1, -0.05) is 36.4 Å². The Hall–Kier alpha value is -2.53. The van der Waals surface area contributed by atoms with Gasteiger partial charge in [-0.25, -0.2) is 4.79 Å². The normalized spacial score (nSPS) is 13.0. The van der Waals surface area contributed by atoms with Crippen LogP contribution in [0.5, 0.6) is 11.5 Å². The summed E-state index contributed by atoms with van der Waals surface area (Å²) in [6, 6.07) is 14.8. The Morgan fingerprint density at radius 2 is 1.41 bits per heavy atom. The minimum Gasteiger partial charge on any atom is -0.476 e. The number of rotatable bonds is 1. The van der Waals surface area contributed by atoms with Crippen molar-refractivity contribution in [3.05, 3.63) is 59.7 Å². The second-order valence-corrected chi connectivity index (χ2v) is 4.80. The first-order valence-corrected chi connectivity index (χ1v) is 6.96. The van der Waals surface area contributed by atoms with Crippen LogP contribution >= 0.6 is 0 Å². The van der Waals surface area contributed by atoms with E-state index in [1.54, 1.807) is 12.1 Å². The van der Waals surface area contributed by atoms with Gasteiger partial charge in [-0.2, -0.15) is 0 Å². The molecule has 0 amide bonds. The Balaban J connectivity index is 0.000000545. The van der Waals surface area contributed by atoms with E-state index in [0.717, 1.165) is 11.1 Å². The van der Waals surface area contributed by atoms with Gasteiger partial charge in [-0.3, -0.25) is 0 Å². The van der Waals surface area contributed by atoms with Gasteiger partial charge in [0.25, 0.3) is 0 Å². The topological polar surface area (TPSA) is 67.8 Å². The highest BCUT2D eigenvalue weighted by Crippen LogP contribution is 2.30. The van der Waals surface area contributed by atoms with Crippen molar-refractivity contribution in [2.24, 2.45) is 0 Å². The van der Waals surface area contributed by atoms with Crippen LogP contribution in [0.25, 0.3) is 0 Å². The Morgan fingerprint density at radius 1 is 1.00 bits per heavy atom. The summed E-state index contributed by atoms with van der Waals surface area (Å²) in [5.41, 5.74) is 1.90. The molecule has 3 rings (SSSR count). The minimum absolute atomic E-state index is 0.546. The second kappa shape index (κ2) is 7.47. The zero-order valence-corrected chi connectivity index (χ0v) is 12.6. The van der Waals surface area contributed by atoms with Gasteiger partial charge >= 0.3 is 12.3 Å². The van der Waals surface area contributed by atoms with Gasteiger partial charge < -0.3 is 19.9 Å². The Morgan fingerprint density at radius 3 is 1.82 bits per heavy atom. The molecule has 0 spiro atoms. The lowest BCUT2D eigenvalue weighted by Crippen LogP contribution is -2.34. The van der Waals surface area contributed by atoms with Gasteiger partial charge in [0.05, 0.1) is 0 Å². The van der Waals surface area contributed by atoms with Gasteiger partial charge in [-0.15, -0.1) is 0 Å². The van der Waals surface area contributed by atoms with E-state index in [0.29, 0.717) is 17.9 Å². The predicted octanol–water partition coefficient (Wildman–Crippen LogP) is 2.29. The van der Waals surface area contributed by atoms with Crippen molar-refractivity contribution in [1.82, 2.24) is 5.32 Å². The molecule has 0 unspecified atom stereocenters. The number of benzene rings is 2. The molecule has 22 heavy (non-hydrogen) atoms. The number of nitrogens with one attached hydrogen (secondary N) is 1. The summed E-state index contributed by atoms with van der Waals surface area (Å²) in [6.45, 7) is 0. The molecular formula is C17H19NO4. The average Bonchev–Trinajstić information content (AvgIpc) is 2.48. The molecule has 0 bridgehead atoms. The Bertz CT molecular complexity index is 595. The third-order valence-electron chi connectivity index (χ3n) is 3.00. The molecule has 0 aromatic heterocycles. The molecule has 116 valence electrons. The fourth-order valence-corrected chi connectivity index (χ4v) is 2.09. The van der Waals surface area contributed by atoms with Crippen molar-refractivity contribution in [3.8, 4) is 11.5 Å². The largest absolute Gasteiger partial charge is 0.476 e. The number of ether oxygens (including phenoxy) is 2. The smallest absolute Gasteiger partial charge is 0.387 e. The maximum Gasteiger partial charge on any atom is 0.387 e. The molecule has 0 saturated carbocycles. The molecule has 1 aliphatic rings. The van der Waals surface area contributed by atoms with Crippen LogP contribution in [0, 0.1) is 0 Å². The summed E-state index contributed by atoms with van der Waals surface area (Å²) in [5.74, 6) is -0.0553. The zero-order chi connectivity index (χ0) is 15.9. The van der Waals surface area contributed by atoms with Gasteiger partial charge in [0.1, 0.15) is 11.5 Å². The molecule has 5 heteroatoms. The first-order valence-electron chi connectivity index (χ1n) is 6.96. The number of carboxylic acids is 1. The van der Waals surface area contributed by atoms with E-state index in [1.807, 2.05) is 50.5 Å². The quantitative estimate of drug-likeness (QED) is 0.846. The van der Waals surface area contributed by atoms with Crippen molar-refractivity contribution in [3.63, 3.8) is 0 Å². The van der Waals surface area contributed by atoms with E-state index in [1.165, 1.54) is 0 Å². The molecular weight excluding hydrogens is 282 g/mol. The molecule has 2 aromatic carbocycles. The van der Waals surface area contributed by atoms with Crippen molar-refractivity contribution in [2.75, 3.05) is 14.1 Å². The van der Waals surface area contributed by atoms with E-state index in [4.69, 9.17) is 14.6 Å². The maximum atomic E-state index is 11.2. The number of fused-ring (bicyclic) bond motifs is 2. The number of hydrogen-bond acceptors (Lipinski definition) is 4. The van der Waals surface area contributed by atoms with Crippen LogP contribution in [0.1, 0.15) is 11.1 Å². The fraction of sp³-hybridized carbons (Fsp3) is 0.235. The van der Waals surface area contributed by atoms with Crippen LogP contribution in [-0.2, 0) is 11.2 Å². The van der Waals surface area contributed by atoms with E-state index in [9.17, 15) is 4.79 Å². The molecule has 1 aliphatic heterocycles. The van der Waals surface area contributed by atoms with Gasteiger partial charge in [-0.05, 0) is 37.4 Å². The van der Waals surface area contributed by atoms with Gasteiger partial charge in [0.2, 0.25) is 0 Å². The molecule has 0 radical (unpaired) electrons. The first-order chi connectivity index (χ1) is 10.7. The highest BCUT2D eigenvalue weighted by molar-refractivity contribution is 5.72. The second-order valence-electron chi connectivity index (χ2n) is 4.80. The van der Waals surface area contributed by atoms with E-state index in [2.05, 4.69) is 5.32 Å². The monoisotopic (exact) mass is 301 g/mol. The zero-order valence-electron chi connectivity index (χ0n) is 12.6. The molecule has 2 aromatic rings. The van der Waals surface area contributed by atoms with Gasteiger partial charge in [0.15, 0.2) is 0 Å². The summed E-state index contributed by atoms with van der Waals surface area (Å²) in [6.07, 6.45) is -0.679. The lowest BCUT2D eigenvalue weighted by molar-refractivity contribution is -0.158. The van der Waals surface area contributed by atoms with Crippen molar-refractivity contribution in [1.29, 1.82) is 0 Å². The average molecular weight is 301 g/mol. The van der Waals surface area contributed by atoms with Crippen LogP contribution in [0.4, 0.5) is 0 Å². The van der Waals surface area contributed by atoms with Crippen LogP contribution in [0.2, 0.25) is 0 Å². The van der Waals surface area contributed by atoms with E-state index in [-0.39, 0.29) is 0 Å². The molecule has 0 saturated heterocycles. The Kier molecular flexibility index (Phi) is 5.38. The highest BCUT2D eigenvalue weighted by Gasteiger charge is 2.26. The molecule has 5 nitrogen and oxygen atoms in total. The van der Waals surface area contributed by atoms with E-state index < -0.39 is 12.3 Å². The number of carbonyl (C=O) groups is 1. The third-order valence-corrected chi connectivity index (χ3v) is 3.00. The maximum absolute atomic E-state index is 11.2. The van der Waals surface area contributed by atoms with E-state index >= 15 is 0 Å². The highest BCUT2D eigenvalue weighted by atomic mass is 16.7. The molecule has 2 N–H and O–H groups in total. The lowest BCUT2D eigenvalue weighted by Gasteiger charge is -2.23. The predicted molar refractivity (Wildman–Crippen MR) is 83.4 cm³/mol. The summed E-state index contributed by atoms with van der Waals surface area (Å²) < 4.78 is 10.9. The van der Waals surface area contributed by atoms with Crippen LogP contribution in [-0.4, -0.2) is 31.5 Å². The summed E-state index contributed by atoms with van der Waals surface area (Å²) in [5, 5.41) is 11.9. The summed E-state index contributed by atoms with van der Waals surface area (Å²) in [7, 11) is 3.75. The van der Waals surface area contributed by atoms with Crippen LogP contribution in [0.15, 0.2) is 48.5 Å². The number of hydrogen-bond donors (Lipinski definition) is 2. The van der Waals surface area contributed by atoms with Crippen molar-refractivity contribution < 1.29 is 19.4 Å². The third kappa shape index (κ3) is 3.77. The number of carboxylic acid groups (broad SMARTS) is 1. The lowest BCUT2D eigenvalue weighted by atomic mass is 10.0. The summed E-state index contributed by atoms with van der Waals surface area (Å²) in [4.78, 5) is 11.2. The first kappa shape index (κ1) is 15.9. The standard InChI is InChI=1S/C15H12O4.C2H7N/c16-14(17)15-18-12-7-3-1-5-10(12)9-11-6-2-4-8-13(11)19-15;1-3-2/h1-8,15H,9H2,(H,16,17);3H,1-2H3. The van der Waals surface area contributed by atoms with Crippen LogP contribution < -0.4 is 14.8 Å².